The Balaban J connectivity index is 2.14. The number of benzene rings is 2. The number of hydrogen-bond donors (Lipinski definition) is 0. The summed E-state index contributed by atoms with van der Waals surface area (Å²) in [6.45, 7) is -0.765. The molecule has 0 radical (unpaired) electrons. The van der Waals surface area contributed by atoms with Gasteiger partial charge >= 0.3 is 6.61 Å². The second-order valence-corrected chi connectivity index (χ2v) is 6.19. The van der Waals surface area contributed by atoms with Crippen molar-refractivity contribution >= 4 is 11.9 Å². The second kappa shape index (κ2) is 11.1. The van der Waals surface area contributed by atoms with Crippen LogP contribution in [0.15, 0.2) is 72.3 Å². The first-order chi connectivity index (χ1) is 13.1. The number of unbranched alkanes of at least 4 members (excludes halogenated alkanes) is 2. The van der Waals surface area contributed by atoms with Crippen LogP contribution in [0.25, 0.3) is 6.08 Å². The number of ether oxygens (including phenoxy) is 1. The molecule has 0 aliphatic heterocycles. The minimum atomic E-state index is -2.91. The molecule has 0 atom stereocenters. The Labute approximate surface area is 159 Å². The van der Waals surface area contributed by atoms with Crippen molar-refractivity contribution in [2.75, 3.05) is 0 Å². The summed E-state index contributed by atoms with van der Waals surface area (Å²) in [6.07, 6.45) is 9.54. The first-order valence-electron chi connectivity index (χ1n) is 9.11. The number of halogens is 2. The molecule has 0 bridgehead atoms. The van der Waals surface area contributed by atoms with E-state index in [0.717, 1.165) is 36.8 Å². The molecule has 4 heteroatoms. The minimum absolute atomic E-state index is 0.0211. The molecule has 0 aromatic heterocycles. The Hall–Kier alpha value is -2.75. The number of rotatable bonds is 10. The van der Waals surface area contributed by atoms with Crippen LogP contribution < -0.4 is 4.74 Å². The number of hydrogen-bond acceptors (Lipinski definition) is 2. The van der Waals surface area contributed by atoms with Crippen molar-refractivity contribution < 1.29 is 18.3 Å². The van der Waals surface area contributed by atoms with Gasteiger partial charge < -0.3 is 4.74 Å². The average molecular weight is 370 g/mol. The quantitative estimate of drug-likeness (QED) is 0.201. The summed E-state index contributed by atoms with van der Waals surface area (Å²) in [5.41, 5.74) is 2.45. The van der Waals surface area contributed by atoms with Gasteiger partial charge in [-0.25, -0.2) is 0 Å². The third kappa shape index (κ3) is 7.57. The van der Waals surface area contributed by atoms with Gasteiger partial charge in [-0.1, -0.05) is 74.4 Å². The third-order valence-corrected chi connectivity index (χ3v) is 4.01. The van der Waals surface area contributed by atoms with Crippen LogP contribution in [0.2, 0.25) is 0 Å². The molecule has 0 spiro atoms. The lowest BCUT2D eigenvalue weighted by molar-refractivity contribution is -0.0498. The lowest BCUT2D eigenvalue weighted by atomic mass is 10.0. The van der Waals surface area contributed by atoms with Crippen LogP contribution in [-0.4, -0.2) is 12.4 Å². The molecule has 2 rings (SSSR count). The largest absolute Gasteiger partial charge is 0.435 e. The molecule has 0 heterocycles. The zero-order chi connectivity index (χ0) is 19.5. The molecular weight excluding hydrogens is 346 g/mol. The highest BCUT2D eigenvalue weighted by Crippen LogP contribution is 2.18. The normalized spacial score (nSPS) is 11.9. The summed E-state index contributed by atoms with van der Waals surface area (Å²) < 4.78 is 29.0. The van der Waals surface area contributed by atoms with E-state index < -0.39 is 6.61 Å². The lowest BCUT2D eigenvalue weighted by Gasteiger charge is -2.05. The lowest BCUT2D eigenvalue weighted by Crippen LogP contribution is -2.03. The molecule has 0 aliphatic rings. The summed E-state index contributed by atoms with van der Waals surface area (Å²) in [7, 11) is 0. The summed E-state index contributed by atoms with van der Waals surface area (Å²) in [6, 6.07) is 15.8. The van der Waals surface area contributed by atoms with Gasteiger partial charge in [-0.2, -0.15) is 8.78 Å². The summed E-state index contributed by atoms with van der Waals surface area (Å²) in [4.78, 5) is 12.4. The van der Waals surface area contributed by atoms with Gasteiger partial charge in [0.2, 0.25) is 0 Å². The number of allylic oxidation sites excluding steroid dienone is 3. The zero-order valence-electron chi connectivity index (χ0n) is 15.4. The maximum atomic E-state index is 12.4. The molecule has 2 aromatic rings. The highest BCUT2D eigenvalue weighted by Gasteiger charge is 2.08. The van der Waals surface area contributed by atoms with Crippen LogP contribution >= 0.6 is 0 Å². The van der Waals surface area contributed by atoms with Crippen LogP contribution in [0.1, 0.15) is 48.5 Å². The Morgan fingerprint density at radius 2 is 1.81 bits per heavy atom. The van der Waals surface area contributed by atoms with Crippen molar-refractivity contribution in [3.8, 4) is 5.75 Å². The molecule has 0 amide bonds. The van der Waals surface area contributed by atoms with Crippen molar-refractivity contribution in [1.82, 2.24) is 0 Å². The maximum Gasteiger partial charge on any atom is 0.387 e. The van der Waals surface area contributed by atoms with Crippen molar-refractivity contribution in [3.63, 3.8) is 0 Å². The Bertz CT molecular complexity index is 780. The van der Waals surface area contributed by atoms with E-state index in [0.29, 0.717) is 5.56 Å². The fraction of sp³-hybridized carbons (Fsp3) is 0.261. The Morgan fingerprint density at radius 3 is 2.52 bits per heavy atom. The molecule has 0 aliphatic carbocycles. The molecule has 0 fully saturated rings. The predicted molar refractivity (Wildman–Crippen MR) is 105 cm³/mol. The number of carbonyl (C=O) groups is 1. The highest BCUT2D eigenvalue weighted by molar-refractivity contribution is 6.05. The molecule has 2 nitrogen and oxygen atoms in total. The number of carbonyl (C=O) groups excluding carboxylic acids is 1. The van der Waals surface area contributed by atoms with Crippen molar-refractivity contribution in [1.29, 1.82) is 0 Å². The first-order valence-corrected chi connectivity index (χ1v) is 9.11. The molecule has 0 saturated heterocycles. The molecule has 0 saturated carbocycles. The predicted octanol–water partition coefficient (Wildman–Crippen LogP) is 6.69. The van der Waals surface area contributed by atoms with Crippen LogP contribution in [-0.2, 0) is 0 Å². The molecular formula is C23H24F2O2. The average Bonchev–Trinajstić information content (AvgIpc) is 2.66. The first kappa shape index (κ1) is 20.6. The number of ketones is 1. The molecule has 0 unspecified atom stereocenters. The van der Waals surface area contributed by atoms with Crippen molar-refractivity contribution in [2.24, 2.45) is 0 Å². The van der Waals surface area contributed by atoms with Gasteiger partial charge in [-0.15, -0.1) is 0 Å². The van der Waals surface area contributed by atoms with Crippen LogP contribution in [0.3, 0.4) is 0 Å². The fourth-order valence-corrected chi connectivity index (χ4v) is 2.65. The van der Waals surface area contributed by atoms with E-state index in [-0.39, 0.29) is 11.5 Å². The van der Waals surface area contributed by atoms with Gasteiger partial charge in [0.05, 0.1) is 0 Å². The van der Waals surface area contributed by atoms with Gasteiger partial charge in [-0.3, -0.25) is 4.79 Å². The van der Waals surface area contributed by atoms with Crippen LogP contribution in [0, 0.1) is 0 Å². The maximum absolute atomic E-state index is 12.4. The summed E-state index contributed by atoms with van der Waals surface area (Å²) >= 11 is 0. The Morgan fingerprint density at radius 1 is 1.04 bits per heavy atom. The monoisotopic (exact) mass is 370 g/mol. The van der Waals surface area contributed by atoms with Gasteiger partial charge in [0.25, 0.3) is 0 Å². The smallest absolute Gasteiger partial charge is 0.387 e. The van der Waals surface area contributed by atoms with Gasteiger partial charge in [-0.05, 0) is 42.2 Å². The minimum Gasteiger partial charge on any atom is -0.435 e. The summed E-state index contributed by atoms with van der Waals surface area (Å²) in [5, 5.41) is 0. The van der Waals surface area contributed by atoms with E-state index in [9.17, 15) is 13.6 Å². The van der Waals surface area contributed by atoms with E-state index in [1.165, 1.54) is 24.3 Å². The zero-order valence-corrected chi connectivity index (χ0v) is 15.4. The highest BCUT2D eigenvalue weighted by atomic mass is 19.3. The molecule has 142 valence electrons. The van der Waals surface area contributed by atoms with Crippen molar-refractivity contribution in [3.05, 3.63) is 83.4 Å². The molecule has 0 N–H and O–H groups in total. The van der Waals surface area contributed by atoms with E-state index in [2.05, 4.69) is 17.7 Å². The third-order valence-electron chi connectivity index (χ3n) is 4.01. The topological polar surface area (TPSA) is 26.3 Å². The molecule has 27 heavy (non-hydrogen) atoms. The van der Waals surface area contributed by atoms with E-state index in [4.69, 9.17) is 0 Å². The van der Waals surface area contributed by atoms with Gasteiger partial charge in [0.1, 0.15) is 5.75 Å². The van der Waals surface area contributed by atoms with E-state index in [1.807, 2.05) is 36.4 Å². The Kier molecular flexibility index (Phi) is 8.43. The SMILES string of the molecule is CCCCCC(=C/c1ccccc1)/C=C/C(=O)c1cccc(OC(F)F)c1. The van der Waals surface area contributed by atoms with Gasteiger partial charge in [0.15, 0.2) is 5.78 Å². The second-order valence-electron chi connectivity index (χ2n) is 6.19. The van der Waals surface area contributed by atoms with E-state index >= 15 is 0 Å². The van der Waals surface area contributed by atoms with Gasteiger partial charge in [0, 0.05) is 5.56 Å². The van der Waals surface area contributed by atoms with Crippen molar-refractivity contribution in [2.45, 2.75) is 39.2 Å². The van der Waals surface area contributed by atoms with Crippen LogP contribution in [0.5, 0.6) is 5.75 Å². The fourth-order valence-electron chi connectivity index (χ4n) is 2.65. The van der Waals surface area contributed by atoms with Crippen LogP contribution in [0.4, 0.5) is 8.78 Å². The van der Waals surface area contributed by atoms with E-state index in [1.54, 1.807) is 6.07 Å². The molecule has 2 aromatic carbocycles. The standard InChI is InChI=1S/C23H24F2O2/c1-2-3-5-9-19(16-18-10-6-4-7-11-18)14-15-22(26)20-12-8-13-21(17-20)27-23(24)25/h4,6-8,10-17,23H,2-3,5,9H2,1H3/b15-14+,19-16-. The summed E-state index contributed by atoms with van der Waals surface area (Å²) in [5.74, 6) is -0.267. The number of alkyl halides is 2.